The number of carboxylic acid groups (broad SMARTS) is 1. The van der Waals surface area contributed by atoms with E-state index < -0.39 is 5.97 Å². The molecule has 2 aromatic carbocycles. The number of carboxylic acids is 1. The Morgan fingerprint density at radius 2 is 1.60 bits per heavy atom. The molecule has 0 bridgehead atoms. The Bertz CT molecular complexity index is 695. The van der Waals surface area contributed by atoms with Gasteiger partial charge in [0.15, 0.2) is 0 Å². The van der Waals surface area contributed by atoms with Gasteiger partial charge in [-0.3, -0.25) is 4.79 Å². The van der Waals surface area contributed by atoms with Gasteiger partial charge >= 0.3 is 5.97 Å². The number of amides is 1. The lowest BCUT2D eigenvalue weighted by Crippen LogP contribution is -2.22. The Morgan fingerprint density at radius 3 is 2.20 bits per heavy atom. The van der Waals surface area contributed by atoms with Gasteiger partial charge in [-0.1, -0.05) is 12.1 Å². The van der Waals surface area contributed by atoms with Gasteiger partial charge < -0.3 is 19.9 Å². The summed E-state index contributed by atoms with van der Waals surface area (Å²) in [5.41, 5.74) is 1.58. The predicted molar refractivity (Wildman–Crippen MR) is 93.0 cm³/mol. The first-order chi connectivity index (χ1) is 12.1. The molecule has 0 aromatic heterocycles. The average molecular weight is 343 g/mol. The molecule has 0 heterocycles. The molecule has 0 saturated carbocycles. The molecule has 2 rings (SSSR count). The third kappa shape index (κ3) is 5.93. The number of nitrogens with one attached hydrogen (secondary N) is 1. The third-order valence-corrected chi connectivity index (χ3v) is 3.53. The molecule has 6 nitrogen and oxygen atoms in total. The SMILES string of the molecule is COCCCOc1ccc(C(=O)NCc2ccc(C(=O)O)cc2)cc1. The number of benzene rings is 2. The summed E-state index contributed by atoms with van der Waals surface area (Å²) in [5, 5.41) is 11.7. The Hall–Kier alpha value is -2.86. The molecule has 0 spiro atoms. The Kier molecular flexibility index (Phi) is 6.98. The second kappa shape index (κ2) is 9.44. The molecule has 0 aliphatic rings. The van der Waals surface area contributed by atoms with E-state index in [1.807, 2.05) is 0 Å². The van der Waals surface area contributed by atoms with Gasteiger partial charge in [0.1, 0.15) is 5.75 Å². The second-order valence-electron chi connectivity index (χ2n) is 5.40. The number of ether oxygens (including phenoxy) is 2. The summed E-state index contributed by atoms with van der Waals surface area (Å²) in [4.78, 5) is 22.9. The third-order valence-electron chi connectivity index (χ3n) is 3.53. The molecule has 6 heteroatoms. The zero-order valence-electron chi connectivity index (χ0n) is 14.0. The average Bonchev–Trinajstić information content (AvgIpc) is 2.64. The van der Waals surface area contributed by atoms with Crippen LogP contribution >= 0.6 is 0 Å². The highest BCUT2D eigenvalue weighted by Gasteiger charge is 2.06. The number of methoxy groups -OCH3 is 1. The van der Waals surface area contributed by atoms with E-state index in [1.165, 1.54) is 12.1 Å². The van der Waals surface area contributed by atoms with Gasteiger partial charge in [-0.25, -0.2) is 4.79 Å². The standard InChI is InChI=1S/C19H21NO5/c1-24-11-2-12-25-17-9-7-15(8-10-17)18(21)20-13-14-3-5-16(6-4-14)19(22)23/h3-10H,2,11-13H2,1H3,(H,20,21)(H,22,23). The topological polar surface area (TPSA) is 84.9 Å². The van der Waals surface area contributed by atoms with Crippen LogP contribution in [-0.2, 0) is 11.3 Å². The second-order valence-corrected chi connectivity index (χ2v) is 5.40. The van der Waals surface area contributed by atoms with Crippen molar-refractivity contribution in [3.05, 3.63) is 65.2 Å². The first-order valence-corrected chi connectivity index (χ1v) is 7.92. The van der Waals surface area contributed by atoms with Crippen molar-refractivity contribution in [1.29, 1.82) is 0 Å². The molecule has 132 valence electrons. The fraction of sp³-hybridized carbons (Fsp3) is 0.263. The van der Waals surface area contributed by atoms with E-state index in [0.717, 1.165) is 12.0 Å². The fourth-order valence-corrected chi connectivity index (χ4v) is 2.15. The van der Waals surface area contributed by atoms with Crippen molar-refractivity contribution in [2.75, 3.05) is 20.3 Å². The van der Waals surface area contributed by atoms with Crippen molar-refractivity contribution in [1.82, 2.24) is 5.32 Å². The van der Waals surface area contributed by atoms with Crippen molar-refractivity contribution in [2.45, 2.75) is 13.0 Å². The molecule has 0 unspecified atom stereocenters. The number of hydrogen-bond acceptors (Lipinski definition) is 4. The fourth-order valence-electron chi connectivity index (χ4n) is 2.15. The van der Waals surface area contributed by atoms with Gasteiger partial charge in [-0.15, -0.1) is 0 Å². The molecule has 2 aromatic rings. The van der Waals surface area contributed by atoms with Crippen LogP contribution in [0.1, 0.15) is 32.7 Å². The van der Waals surface area contributed by atoms with Crippen molar-refractivity contribution in [3.63, 3.8) is 0 Å². The minimum Gasteiger partial charge on any atom is -0.494 e. The highest BCUT2D eigenvalue weighted by atomic mass is 16.5. The molecule has 0 fully saturated rings. The lowest BCUT2D eigenvalue weighted by Gasteiger charge is -2.08. The van der Waals surface area contributed by atoms with Gasteiger partial charge in [0.25, 0.3) is 5.91 Å². The Labute approximate surface area is 146 Å². The summed E-state index contributed by atoms with van der Waals surface area (Å²) in [6, 6.07) is 13.3. The molecule has 25 heavy (non-hydrogen) atoms. The largest absolute Gasteiger partial charge is 0.494 e. The van der Waals surface area contributed by atoms with E-state index in [1.54, 1.807) is 43.5 Å². The summed E-state index contributed by atoms with van der Waals surface area (Å²) in [5.74, 6) is -0.467. The maximum atomic E-state index is 12.1. The molecular formula is C19H21NO5. The summed E-state index contributed by atoms with van der Waals surface area (Å²) in [7, 11) is 1.65. The number of hydrogen-bond donors (Lipinski definition) is 2. The first-order valence-electron chi connectivity index (χ1n) is 7.92. The Morgan fingerprint density at radius 1 is 0.960 bits per heavy atom. The zero-order chi connectivity index (χ0) is 18.1. The molecule has 0 saturated heterocycles. The molecule has 0 aliphatic carbocycles. The lowest BCUT2D eigenvalue weighted by molar-refractivity contribution is 0.0696. The minimum absolute atomic E-state index is 0.201. The van der Waals surface area contributed by atoms with Crippen LogP contribution < -0.4 is 10.1 Å². The monoisotopic (exact) mass is 343 g/mol. The first kappa shape index (κ1) is 18.5. The quantitative estimate of drug-likeness (QED) is 0.684. The van der Waals surface area contributed by atoms with Crippen LogP contribution in [0.15, 0.2) is 48.5 Å². The summed E-state index contributed by atoms with van der Waals surface area (Å²) >= 11 is 0. The van der Waals surface area contributed by atoms with Gasteiger partial charge in [0.05, 0.1) is 12.2 Å². The Balaban J connectivity index is 1.83. The summed E-state index contributed by atoms with van der Waals surface area (Å²) in [6.45, 7) is 1.54. The van der Waals surface area contributed by atoms with Crippen molar-refractivity contribution >= 4 is 11.9 Å². The summed E-state index contributed by atoms with van der Waals surface area (Å²) < 4.78 is 10.5. The van der Waals surface area contributed by atoms with E-state index in [4.69, 9.17) is 14.6 Å². The minimum atomic E-state index is -0.972. The van der Waals surface area contributed by atoms with Gasteiger partial charge in [-0.05, 0) is 42.0 Å². The highest BCUT2D eigenvalue weighted by Crippen LogP contribution is 2.13. The predicted octanol–water partition coefficient (Wildman–Crippen LogP) is 2.73. The number of aromatic carboxylic acids is 1. The van der Waals surface area contributed by atoms with Crippen LogP contribution in [-0.4, -0.2) is 37.3 Å². The van der Waals surface area contributed by atoms with Crippen molar-refractivity contribution in [3.8, 4) is 5.75 Å². The molecule has 0 radical (unpaired) electrons. The van der Waals surface area contributed by atoms with Crippen LogP contribution in [0.3, 0.4) is 0 Å². The van der Waals surface area contributed by atoms with Crippen LogP contribution in [0.25, 0.3) is 0 Å². The number of rotatable bonds is 9. The molecule has 2 N–H and O–H groups in total. The molecule has 1 amide bonds. The molecule has 0 atom stereocenters. The highest BCUT2D eigenvalue weighted by molar-refractivity contribution is 5.94. The van der Waals surface area contributed by atoms with E-state index >= 15 is 0 Å². The zero-order valence-corrected chi connectivity index (χ0v) is 14.0. The van der Waals surface area contributed by atoms with Crippen LogP contribution in [0.2, 0.25) is 0 Å². The lowest BCUT2D eigenvalue weighted by atomic mass is 10.1. The van der Waals surface area contributed by atoms with E-state index in [2.05, 4.69) is 5.32 Å². The van der Waals surface area contributed by atoms with Crippen LogP contribution in [0.5, 0.6) is 5.75 Å². The molecular weight excluding hydrogens is 322 g/mol. The van der Waals surface area contributed by atoms with Crippen LogP contribution in [0, 0.1) is 0 Å². The van der Waals surface area contributed by atoms with Gasteiger partial charge in [0, 0.05) is 32.2 Å². The maximum absolute atomic E-state index is 12.1. The molecule has 0 aliphatic heterocycles. The normalized spacial score (nSPS) is 10.3. The number of carbonyl (C=O) groups is 2. The maximum Gasteiger partial charge on any atom is 0.335 e. The van der Waals surface area contributed by atoms with E-state index in [0.29, 0.717) is 31.1 Å². The smallest absolute Gasteiger partial charge is 0.335 e. The van der Waals surface area contributed by atoms with E-state index in [9.17, 15) is 9.59 Å². The summed E-state index contributed by atoms with van der Waals surface area (Å²) in [6.07, 6.45) is 0.805. The van der Waals surface area contributed by atoms with E-state index in [-0.39, 0.29) is 11.5 Å². The van der Waals surface area contributed by atoms with Crippen LogP contribution in [0.4, 0.5) is 0 Å². The number of carbonyl (C=O) groups excluding carboxylic acids is 1. The van der Waals surface area contributed by atoms with Gasteiger partial charge in [-0.2, -0.15) is 0 Å². The van der Waals surface area contributed by atoms with Crippen molar-refractivity contribution in [2.24, 2.45) is 0 Å². The van der Waals surface area contributed by atoms with Crippen molar-refractivity contribution < 1.29 is 24.2 Å². The van der Waals surface area contributed by atoms with Gasteiger partial charge in [0.2, 0.25) is 0 Å².